The molecule has 3 aromatic rings. The van der Waals surface area contributed by atoms with E-state index in [1.54, 1.807) is 19.1 Å². The van der Waals surface area contributed by atoms with Crippen LogP contribution < -0.4 is 14.8 Å². The van der Waals surface area contributed by atoms with E-state index >= 15 is 0 Å². The summed E-state index contributed by atoms with van der Waals surface area (Å²) in [6, 6.07) is 14.1. The second kappa shape index (κ2) is 9.33. The molecular weight excluding hydrogens is 424 g/mol. The number of aryl methyl sites for hydroxylation is 2. The molecule has 0 spiro atoms. The molecule has 0 aliphatic rings. The second-order valence-electron chi connectivity index (χ2n) is 6.79. The van der Waals surface area contributed by atoms with Crippen LogP contribution in [0.3, 0.4) is 0 Å². The molecule has 1 atom stereocenters. The van der Waals surface area contributed by atoms with Crippen molar-refractivity contribution in [3.05, 3.63) is 65.2 Å². The molecule has 0 bridgehead atoms. The van der Waals surface area contributed by atoms with E-state index in [-0.39, 0.29) is 22.0 Å². The van der Waals surface area contributed by atoms with Gasteiger partial charge in [-0.25, -0.2) is 13.1 Å². The van der Waals surface area contributed by atoms with Gasteiger partial charge >= 0.3 is 0 Å². The maximum absolute atomic E-state index is 12.6. The molecule has 8 nitrogen and oxygen atoms in total. The number of hydrogen-bond donors (Lipinski definition) is 2. The third-order valence-corrected chi connectivity index (χ3v) is 6.92. The SMILES string of the molecule is Cc1ccc(OC[C@@H](C)NS(=O)(=O)c2nnc(NC(=O)c3ccccc3C)s2)cc1. The highest BCUT2D eigenvalue weighted by Gasteiger charge is 2.23. The van der Waals surface area contributed by atoms with E-state index in [1.807, 2.05) is 50.2 Å². The molecule has 1 heterocycles. The van der Waals surface area contributed by atoms with Crippen LogP contribution in [0, 0.1) is 13.8 Å². The Morgan fingerprint density at radius 1 is 1.10 bits per heavy atom. The number of nitrogens with zero attached hydrogens (tertiary/aromatic N) is 2. The summed E-state index contributed by atoms with van der Waals surface area (Å²) in [7, 11) is -3.89. The zero-order valence-corrected chi connectivity index (χ0v) is 18.4. The Kier molecular flexibility index (Phi) is 6.80. The summed E-state index contributed by atoms with van der Waals surface area (Å²) in [5.41, 5.74) is 2.39. The lowest BCUT2D eigenvalue weighted by molar-refractivity contribution is 0.102. The van der Waals surface area contributed by atoms with E-state index in [2.05, 4.69) is 20.2 Å². The van der Waals surface area contributed by atoms with Crippen molar-refractivity contribution in [1.82, 2.24) is 14.9 Å². The van der Waals surface area contributed by atoms with Gasteiger partial charge in [0.1, 0.15) is 12.4 Å². The van der Waals surface area contributed by atoms with E-state index < -0.39 is 16.1 Å². The van der Waals surface area contributed by atoms with Gasteiger partial charge in [-0.05, 0) is 44.5 Å². The number of benzene rings is 2. The predicted molar refractivity (Wildman–Crippen MR) is 115 cm³/mol. The Morgan fingerprint density at radius 2 is 1.80 bits per heavy atom. The van der Waals surface area contributed by atoms with Crippen LogP contribution in [0.25, 0.3) is 0 Å². The first-order valence-electron chi connectivity index (χ1n) is 9.17. The molecule has 0 saturated carbocycles. The van der Waals surface area contributed by atoms with Crippen LogP contribution in [-0.4, -0.2) is 37.2 Å². The summed E-state index contributed by atoms with van der Waals surface area (Å²) in [4.78, 5) is 12.4. The van der Waals surface area contributed by atoms with Crippen LogP contribution in [0.2, 0.25) is 0 Å². The fourth-order valence-electron chi connectivity index (χ4n) is 2.57. The highest BCUT2D eigenvalue weighted by molar-refractivity contribution is 7.91. The Hall–Kier alpha value is -2.82. The number of carbonyl (C=O) groups is 1. The number of ether oxygens (including phenoxy) is 1. The molecule has 0 unspecified atom stereocenters. The van der Waals surface area contributed by atoms with E-state index in [1.165, 1.54) is 0 Å². The number of rotatable bonds is 8. The summed E-state index contributed by atoms with van der Waals surface area (Å²) in [6.07, 6.45) is 0. The average molecular weight is 447 g/mol. The summed E-state index contributed by atoms with van der Waals surface area (Å²) in [5, 5.41) is 10.2. The molecule has 158 valence electrons. The van der Waals surface area contributed by atoms with Crippen molar-refractivity contribution in [3.63, 3.8) is 0 Å². The normalized spacial score (nSPS) is 12.4. The molecule has 30 heavy (non-hydrogen) atoms. The molecule has 3 rings (SSSR count). The van der Waals surface area contributed by atoms with Crippen LogP contribution in [0.4, 0.5) is 5.13 Å². The molecule has 1 aromatic heterocycles. The first kappa shape index (κ1) is 21.9. The van der Waals surface area contributed by atoms with Crippen molar-refractivity contribution < 1.29 is 17.9 Å². The third kappa shape index (κ3) is 5.62. The van der Waals surface area contributed by atoms with E-state index in [0.29, 0.717) is 11.3 Å². The predicted octanol–water partition coefficient (Wildman–Crippen LogP) is 3.15. The van der Waals surface area contributed by atoms with Crippen molar-refractivity contribution in [2.24, 2.45) is 0 Å². The number of carbonyl (C=O) groups excluding carboxylic acids is 1. The molecule has 2 N–H and O–H groups in total. The second-order valence-corrected chi connectivity index (χ2v) is 9.65. The Morgan fingerprint density at radius 3 is 2.50 bits per heavy atom. The van der Waals surface area contributed by atoms with Gasteiger partial charge in [-0.15, -0.1) is 10.2 Å². The van der Waals surface area contributed by atoms with Crippen molar-refractivity contribution >= 4 is 32.4 Å². The highest BCUT2D eigenvalue weighted by Crippen LogP contribution is 2.21. The van der Waals surface area contributed by atoms with Gasteiger partial charge in [-0.3, -0.25) is 10.1 Å². The van der Waals surface area contributed by atoms with Crippen LogP contribution in [-0.2, 0) is 10.0 Å². The van der Waals surface area contributed by atoms with Crippen molar-refractivity contribution in [2.75, 3.05) is 11.9 Å². The summed E-state index contributed by atoms with van der Waals surface area (Å²) >= 11 is 0.781. The molecule has 10 heteroatoms. The zero-order chi connectivity index (χ0) is 21.7. The summed E-state index contributed by atoms with van der Waals surface area (Å²) in [5.74, 6) is 0.282. The lowest BCUT2D eigenvalue weighted by Crippen LogP contribution is -2.36. The van der Waals surface area contributed by atoms with Gasteiger partial charge in [0.2, 0.25) is 9.47 Å². The quantitative estimate of drug-likeness (QED) is 0.514. The number of aromatic nitrogens is 2. The summed E-state index contributed by atoms with van der Waals surface area (Å²) in [6.45, 7) is 5.63. The number of anilines is 1. The van der Waals surface area contributed by atoms with E-state index in [0.717, 1.165) is 22.5 Å². The fraction of sp³-hybridized carbons (Fsp3) is 0.250. The van der Waals surface area contributed by atoms with Gasteiger partial charge in [-0.2, -0.15) is 0 Å². The van der Waals surface area contributed by atoms with Gasteiger partial charge in [0.05, 0.1) is 6.04 Å². The Bertz CT molecular complexity index is 1130. The average Bonchev–Trinajstić information content (AvgIpc) is 3.17. The van der Waals surface area contributed by atoms with Gasteiger partial charge in [0, 0.05) is 5.56 Å². The monoisotopic (exact) mass is 446 g/mol. The lowest BCUT2D eigenvalue weighted by atomic mass is 10.1. The largest absolute Gasteiger partial charge is 0.492 e. The van der Waals surface area contributed by atoms with Gasteiger partial charge < -0.3 is 4.74 Å². The van der Waals surface area contributed by atoms with Crippen LogP contribution in [0.15, 0.2) is 52.9 Å². The minimum absolute atomic E-state index is 0.104. The van der Waals surface area contributed by atoms with Gasteiger partial charge in [0.25, 0.3) is 15.9 Å². The third-order valence-electron chi connectivity index (χ3n) is 4.12. The van der Waals surface area contributed by atoms with Crippen LogP contribution >= 0.6 is 11.3 Å². The smallest absolute Gasteiger partial charge is 0.270 e. The molecule has 1 amide bonds. The first-order valence-corrected chi connectivity index (χ1v) is 11.5. The van der Waals surface area contributed by atoms with Gasteiger partial charge in [0.15, 0.2) is 0 Å². The molecule has 0 aliphatic heterocycles. The molecule has 0 saturated heterocycles. The lowest BCUT2D eigenvalue weighted by Gasteiger charge is -2.14. The summed E-state index contributed by atoms with van der Waals surface area (Å²) < 4.78 is 33.0. The Balaban J connectivity index is 1.59. The minimum Gasteiger partial charge on any atom is -0.492 e. The van der Waals surface area contributed by atoms with E-state index in [9.17, 15) is 13.2 Å². The van der Waals surface area contributed by atoms with Crippen LogP contribution in [0.1, 0.15) is 28.4 Å². The Labute approximate surface area is 179 Å². The van der Waals surface area contributed by atoms with Gasteiger partial charge in [-0.1, -0.05) is 47.2 Å². The van der Waals surface area contributed by atoms with Crippen molar-refractivity contribution in [3.8, 4) is 5.75 Å². The molecule has 0 aliphatic carbocycles. The topological polar surface area (TPSA) is 110 Å². The molecule has 0 fully saturated rings. The van der Waals surface area contributed by atoms with Crippen LogP contribution in [0.5, 0.6) is 5.75 Å². The number of sulfonamides is 1. The zero-order valence-electron chi connectivity index (χ0n) is 16.7. The van der Waals surface area contributed by atoms with E-state index in [4.69, 9.17) is 4.74 Å². The number of hydrogen-bond acceptors (Lipinski definition) is 7. The molecular formula is C20H22N4O4S2. The maximum atomic E-state index is 12.6. The first-order chi connectivity index (χ1) is 14.2. The van der Waals surface area contributed by atoms with Crippen molar-refractivity contribution in [2.45, 2.75) is 31.2 Å². The number of amides is 1. The molecule has 2 aromatic carbocycles. The standard InChI is InChI=1S/C20H22N4O4S2/c1-13-8-10-16(11-9-13)28-12-15(3)24-30(26,27)20-23-22-19(29-20)21-18(25)17-7-5-4-6-14(17)2/h4-11,15,24H,12H2,1-3H3,(H,21,22,25)/t15-/m1/s1. The molecule has 0 radical (unpaired) electrons. The number of nitrogens with one attached hydrogen (secondary N) is 2. The maximum Gasteiger partial charge on any atom is 0.270 e. The fourth-order valence-corrected chi connectivity index (χ4v) is 4.71. The van der Waals surface area contributed by atoms with Crippen molar-refractivity contribution in [1.29, 1.82) is 0 Å². The minimum atomic E-state index is -3.89. The highest BCUT2D eigenvalue weighted by atomic mass is 32.2.